The molecule has 2 nitrogen and oxygen atoms in total. The van der Waals surface area contributed by atoms with E-state index in [1.54, 1.807) is 19.1 Å². The van der Waals surface area contributed by atoms with Crippen LogP contribution in [0.4, 0.5) is 5.69 Å². The number of hydrogen-bond donors (Lipinski definition) is 2. The third-order valence-electron chi connectivity index (χ3n) is 1.20. The van der Waals surface area contributed by atoms with Gasteiger partial charge in [0.15, 0.2) is 0 Å². The standard InChI is InChI=1S/C7H8NO/c1-5-3-2-4-6(8)7(5)9/h2-3,9H,8H2,1H3. The highest BCUT2D eigenvalue weighted by Gasteiger charge is 1.96. The third kappa shape index (κ3) is 0.964. The van der Waals surface area contributed by atoms with E-state index in [1.807, 2.05) is 0 Å². The Morgan fingerprint density at radius 1 is 1.67 bits per heavy atom. The zero-order valence-corrected chi connectivity index (χ0v) is 5.18. The number of rotatable bonds is 0. The molecule has 0 bridgehead atoms. The van der Waals surface area contributed by atoms with Crippen molar-refractivity contribution in [3.05, 3.63) is 23.8 Å². The van der Waals surface area contributed by atoms with Gasteiger partial charge in [-0.2, -0.15) is 0 Å². The van der Waals surface area contributed by atoms with Crippen molar-refractivity contribution in [2.24, 2.45) is 0 Å². The lowest BCUT2D eigenvalue weighted by atomic mass is 10.2. The Balaban J connectivity index is 3.25. The molecule has 2 heteroatoms. The molecule has 1 aromatic rings. The predicted molar refractivity (Wildman–Crippen MR) is 36.1 cm³/mol. The zero-order valence-electron chi connectivity index (χ0n) is 5.18. The third-order valence-corrected chi connectivity index (χ3v) is 1.20. The number of phenols is 1. The summed E-state index contributed by atoms with van der Waals surface area (Å²) in [6, 6.07) is 6.11. The fourth-order valence-electron chi connectivity index (χ4n) is 0.616. The molecule has 0 fully saturated rings. The van der Waals surface area contributed by atoms with E-state index < -0.39 is 0 Å². The summed E-state index contributed by atoms with van der Waals surface area (Å²) in [4.78, 5) is 0. The Morgan fingerprint density at radius 3 is 2.78 bits per heavy atom. The van der Waals surface area contributed by atoms with E-state index in [2.05, 4.69) is 6.07 Å². The second kappa shape index (κ2) is 1.97. The highest BCUT2D eigenvalue weighted by Crippen LogP contribution is 2.21. The zero-order chi connectivity index (χ0) is 6.85. The lowest BCUT2D eigenvalue weighted by Gasteiger charge is -1.98. The molecule has 47 valence electrons. The average Bonchev–Trinajstić information content (AvgIpc) is 1.83. The minimum Gasteiger partial charge on any atom is -0.505 e. The molecule has 3 N–H and O–H groups in total. The Bertz CT molecular complexity index is 200. The maximum absolute atomic E-state index is 9.05. The molecule has 0 atom stereocenters. The summed E-state index contributed by atoms with van der Waals surface area (Å²) in [5.41, 5.74) is 6.41. The molecular weight excluding hydrogens is 114 g/mol. The molecule has 1 rings (SSSR count). The largest absolute Gasteiger partial charge is 0.505 e. The number of benzene rings is 1. The van der Waals surface area contributed by atoms with Crippen molar-refractivity contribution < 1.29 is 5.11 Å². The van der Waals surface area contributed by atoms with Crippen LogP contribution in [0.15, 0.2) is 12.1 Å². The molecule has 0 saturated carbocycles. The van der Waals surface area contributed by atoms with Crippen molar-refractivity contribution in [1.29, 1.82) is 0 Å². The first-order valence-corrected chi connectivity index (χ1v) is 2.67. The molecule has 1 radical (unpaired) electrons. The van der Waals surface area contributed by atoms with E-state index in [-0.39, 0.29) is 5.75 Å². The Morgan fingerprint density at radius 2 is 2.33 bits per heavy atom. The maximum atomic E-state index is 9.05. The molecule has 0 heterocycles. The van der Waals surface area contributed by atoms with Gasteiger partial charge in [0.25, 0.3) is 0 Å². The number of nitrogen functional groups attached to an aromatic ring is 1. The van der Waals surface area contributed by atoms with Crippen LogP contribution >= 0.6 is 0 Å². The first-order valence-electron chi connectivity index (χ1n) is 2.67. The molecule has 0 spiro atoms. The minimum atomic E-state index is 0.137. The molecule has 0 unspecified atom stereocenters. The molecule has 9 heavy (non-hydrogen) atoms. The van der Waals surface area contributed by atoms with E-state index in [0.29, 0.717) is 5.69 Å². The summed E-state index contributed by atoms with van der Waals surface area (Å²) >= 11 is 0. The van der Waals surface area contributed by atoms with E-state index >= 15 is 0 Å². The van der Waals surface area contributed by atoms with Gasteiger partial charge in [-0.05, 0) is 12.5 Å². The van der Waals surface area contributed by atoms with Crippen molar-refractivity contribution in [2.75, 3.05) is 5.73 Å². The first-order chi connectivity index (χ1) is 4.22. The summed E-state index contributed by atoms with van der Waals surface area (Å²) in [5, 5.41) is 9.05. The van der Waals surface area contributed by atoms with Gasteiger partial charge in [-0.1, -0.05) is 12.1 Å². The van der Waals surface area contributed by atoms with Crippen molar-refractivity contribution in [3.63, 3.8) is 0 Å². The molecule has 0 aliphatic rings. The number of nitrogens with two attached hydrogens (primary N) is 1. The normalized spacial score (nSPS) is 9.44. The number of aryl methyl sites for hydroxylation is 1. The number of aromatic hydroxyl groups is 1. The van der Waals surface area contributed by atoms with Crippen LogP contribution < -0.4 is 5.73 Å². The smallest absolute Gasteiger partial charge is 0.142 e. The van der Waals surface area contributed by atoms with Gasteiger partial charge in [0.2, 0.25) is 0 Å². The fraction of sp³-hybridized carbons (Fsp3) is 0.143. The van der Waals surface area contributed by atoms with Crippen molar-refractivity contribution >= 4 is 5.69 Å². The van der Waals surface area contributed by atoms with Crippen LogP contribution in [0.1, 0.15) is 5.56 Å². The van der Waals surface area contributed by atoms with Crippen molar-refractivity contribution in [1.82, 2.24) is 0 Å². The Hall–Kier alpha value is -1.18. The molecule has 1 aromatic carbocycles. The summed E-state index contributed by atoms with van der Waals surface area (Å²) in [7, 11) is 0. The monoisotopic (exact) mass is 122 g/mol. The second-order valence-electron chi connectivity index (χ2n) is 1.92. The molecule has 0 aliphatic heterocycles. The molecule has 0 saturated heterocycles. The summed E-state index contributed by atoms with van der Waals surface area (Å²) in [6.45, 7) is 1.79. The average molecular weight is 122 g/mol. The van der Waals surface area contributed by atoms with Gasteiger partial charge < -0.3 is 10.8 Å². The lowest BCUT2D eigenvalue weighted by Crippen LogP contribution is -1.86. The van der Waals surface area contributed by atoms with Gasteiger partial charge in [0.1, 0.15) is 5.75 Å². The van der Waals surface area contributed by atoms with Gasteiger partial charge >= 0.3 is 0 Å². The molecule has 0 aliphatic carbocycles. The topological polar surface area (TPSA) is 46.2 Å². The predicted octanol–water partition coefficient (Wildman–Crippen LogP) is 1.08. The highest BCUT2D eigenvalue weighted by atomic mass is 16.3. The number of anilines is 1. The van der Waals surface area contributed by atoms with E-state index in [9.17, 15) is 0 Å². The van der Waals surface area contributed by atoms with Crippen molar-refractivity contribution in [2.45, 2.75) is 6.92 Å². The van der Waals surface area contributed by atoms with Crippen LogP contribution in [-0.2, 0) is 0 Å². The van der Waals surface area contributed by atoms with E-state index in [1.165, 1.54) is 0 Å². The van der Waals surface area contributed by atoms with Gasteiger partial charge in [-0.25, -0.2) is 0 Å². The van der Waals surface area contributed by atoms with Crippen LogP contribution in [0.2, 0.25) is 0 Å². The molecule has 0 amide bonds. The van der Waals surface area contributed by atoms with E-state index in [0.717, 1.165) is 5.56 Å². The lowest BCUT2D eigenvalue weighted by molar-refractivity contribution is 0.474. The van der Waals surface area contributed by atoms with Gasteiger partial charge in [0, 0.05) is 6.07 Å². The van der Waals surface area contributed by atoms with Gasteiger partial charge in [-0.3, -0.25) is 0 Å². The second-order valence-corrected chi connectivity index (χ2v) is 1.92. The fourth-order valence-corrected chi connectivity index (χ4v) is 0.616. The van der Waals surface area contributed by atoms with Crippen molar-refractivity contribution in [3.8, 4) is 5.75 Å². The summed E-state index contributed by atoms with van der Waals surface area (Å²) in [6.07, 6.45) is 0. The van der Waals surface area contributed by atoms with Crippen LogP contribution in [-0.4, -0.2) is 5.11 Å². The van der Waals surface area contributed by atoms with Crippen LogP contribution in [0.25, 0.3) is 0 Å². The van der Waals surface area contributed by atoms with Crippen LogP contribution in [0.3, 0.4) is 0 Å². The number of phenolic OH excluding ortho intramolecular Hbond substituents is 1. The highest BCUT2D eigenvalue weighted by molar-refractivity contribution is 5.54. The number of hydrogen-bond acceptors (Lipinski definition) is 2. The van der Waals surface area contributed by atoms with Crippen LogP contribution in [0, 0.1) is 13.0 Å². The van der Waals surface area contributed by atoms with E-state index in [4.69, 9.17) is 10.8 Å². The first kappa shape index (κ1) is 5.95. The maximum Gasteiger partial charge on any atom is 0.142 e. The van der Waals surface area contributed by atoms with Crippen LogP contribution in [0.5, 0.6) is 5.75 Å². The van der Waals surface area contributed by atoms with Gasteiger partial charge in [-0.15, -0.1) is 0 Å². The Labute approximate surface area is 53.9 Å². The SMILES string of the molecule is Cc1cc[c]c(N)c1O. The Kier molecular flexibility index (Phi) is 1.30. The minimum absolute atomic E-state index is 0.137. The quantitative estimate of drug-likeness (QED) is 0.399. The summed E-state index contributed by atoms with van der Waals surface area (Å²) < 4.78 is 0. The summed E-state index contributed by atoms with van der Waals surface area (Å²) in [5.74, 6) is 0.137. The molecule has 0 aromatic heterocycles. The van der Waals surface area contributed by atoms with Gasteiger partial charge in [0.05, 0.1) is 5.69 Å². The molecular formula is C7H8NO.